The van der Waals surface area contributed by atoms with Crippen LogP contribution in [-0.4, -0.2) is 19.5 Å². The lowest BCUT2D eigenvalue weighted by atomic mass is 9.75. The zero-order valence-electron chi connectivity index (χ0n) is 31.8. The SMILES string of the molecule is CC(C)(C)c1ccc2c(c1)c1cc3ccc1n2-c1cccc2c1Oc1c(cccc1C2(C)C)-c1nc(-c2ccccc2)nc(n1)-c1ccc(cc1)C3(C)C. The molecular weight excluding hydrogens is 661 g/mol. The van der Waals surface area contributed by atoms with Gasteiger partial charge in [-0.2, -0.15) is 0 Å². The van der Waals surface area contributed by atoms with Gasteiger partial charge in [0, 0.05) is 43.9 Å². The van der Waals surface area contributed by atoms with Gasteiger partial charge < -0.3 is 9.30 Å². The Morgan fingerprint density at radius 3 is 1.81 bits per heavy atom. The fourth-order valence-electron chi connectivity index (χ4n) is 8.55. The summed E-state index contributed by atoms with van der Waals surface area (Å²) in [4.78, 5) is 15.4. The largest absolute Gasteiger partial charge is 0.454 e. The van der Waals surface area contributed by atoms with Crippen LogP contribution in [0, 0.1) is 0 Å². The third kappa shape index (κ3) is 4.74. The minimum atomic E-state index is -0.376. The quantitative estimate of drug-likeness (QED) is 0.171. The van der Waals surface area contributed by atoms with Gasteiger partial charge in [-0.3, -0.25) is 0 Å². The lowest BCUT2D eigenvalue weighted by Gasteiger charge is -2.36. The minimum Gasteiger partial charge on any atom is -0.454 e. The van der Waals surface area contributed by atoms with Gasteiger partial charge in [0.05, 0.1) is 22.3 Å². The number of ether oxygens (including phenoxy) is 1. The van der Waals surface area contributed by atoms with E-state index in [1.165, 1.54) is 27.5 Å². The Morgan fingerprint density at radius 2 is 1.11 bits per heavy atom. The Hall–Kier alpha value is -6.07. The van der Waals surface area contributed by atoms with Gasteiger partial charge in [-0.1, -0.05) is 139 Å². The molecule has 264 valence electrons. The van der Waals surface area contributed by atoms with E-state index in [1.54, 1.807) is 0 Å². The van der Waals surface area contributed by atoms with Crippen LogP contribution in [0.5, 0.6) is 11.5 Å². The van der Waals surface area contributed by atoms with Crippen LogP contribution in [0.25, 0.3) is 61.7 Å². The molecule has 0 atom stereocenters. The molecule has 6 aromatic carbocycles. The van der Waals surface area contributed by atoms with Crippen molar-refractivity contribution in [1.29, 1.82) is 0 Å². The molecule has 0 saturated carbocycles. The summed E-state index contributed by atoms with van der Waals surface area (Å²) in [5.41, 5.74) is 11.4. The predicted molar refractivity (Wildman–Crippen MR) is 220 cm³/mol. The van der Waals surface area contributed by atoms with E-state index >= 15 is 0 Å². The first-order chi connectivity index (χ1) is 25.9. The highest BCUT2D eigenvalue weighted by Gasteiger charge is 2.38. The topological polar surface area (TPSA) is 52.8 Å². The number of fused-ring (bicyclic) bond motifs is 1. The number of para-hydroxylation sites is 2. The molecule has 0 aliphatic carbocycles. The maximum Gasteiger partial charge on any atom is 0.167 e. The van der Waals surface area contributed by atoms with Crippen molar-refractivity contribution in [1.82, 2.24) is 19.5 Å². The standard InChI is InChI=1S/C49H42N4O/c1-47(2,3)32-23-25-39-35(27-32)36-28-33-24-26-40(36)53(39)41-18-12-17-38-43(41)54-42-34(15-11-16-37(42)49(38,6)7)46-51-44(29-13-9-8-10-14-29)50-45(52-46)30-19-21-31(22-20-30)48(33,4)5/h8-28H,1-7H3. The smallest absolute Gasteiger partial charge is 0.167 e. The van der Waals surface area contributed by atoms with Crippen molar-refractivity contribution >= 4 is 21.8 Å². The molecular formula is C49H42N4O. The highest BCUT2D eigenvalue weighted by Crippen LogP contribution is 2.54. The molecule has 0 spiro atoms. The Labute approximate surface area is 316 Å². The predicted octanol–water partition coefficient (Wildman–Crippen LogP) is 12.3. The summed E-state index contributed by atoms with van der Waals surface area (Å²) < 4.78 is 9.67. The minimum absolute atomic E-state index is 0.000636. The van der Waals surface area contributed by atoms with Crippen LogP contribution in [0.15, 0.2) is 127 Å². The maximum absolute atomic E-state index is 7.27. The number of aromatic nitrogens is 4. The average molecular weight is 703 g/mol. The monoisotopic (exact) mass is 702 g/mol. The van der Waals surface area contributed by atoms with Gasteiger partial charge in [-0.15, -0.1) is 0 Å². The van der Waals surface area contributed by atoms with Crippen LogP contribution in [0.1, 0.15) is 76.3 Å². The van der Waals surface area contributed by atoms with Gasteiger partial charge in [0.15, 0.2) is 23.2 Å². The summed E-state index contributed by atoms with van der Waals surface area (Å²) >= 11 is 0. The molecule has 0 amide bonds. The Bertz CT molecular complexity index is 2820. The van der Waals surface area contributed by atoms with E-state index in [2.05, 4.69) is 150 Å². The van der Waals surface area contributed by atoms with E-state index in [-0.39, 0.29) is 16.2 Å². The van der Waals surface area contributed by atoms with Crippen molar-refractivity contribution in [3.63, 3.8) is 0 Å². The van der Waals surface area contributed by atoms with E-state index in [0.29, 0.717) is 17.5 Å². The molecule has 0 saturated heterocycles. The summed E-state index contributed by atoms with van der Waals surface area (Å²) in [5, 5.41) is 2.47. The van der Waals surface area contributed by atoms with Gasteiger partial charge in [0.1, 0.15) is 5.75 Å². The molecule has 5 aliphatic rings. The molecule has 0 radical (unpaired) electrons. The van der Waals surface area contributed by atoms with Gasteiger partial charge in [0.25, 0.3) is 0 Å². The average Bonchev–Trinajstić information content (AvgIpc) is 3.50. The van der Waals surface area contributed by atoms with E-state index in [9.17, 15) is 0 Å². The number of rotatable bonds is 1. The molecule has 13 rings (SSSR count). The fourth-order valence-corrected chi connectivity index (χ4v) is 8.55. The van der Waals surface area contributed by atoms with E-state index in [1.807, 2.05) is 30.3 Å². The Morgan fingerprint density at radius 1 is 0.519 bits per heavy atom. The third-order valence-electron chi connectivity index (χ3n) is 11.9. The Balaban J connectivity index is 1.33. The first-order valence-corrected chi connectivity index (χ1v) is 18.9. The molecule has 5 heteroatoms. The summed E-state index contributed by atoms with van der Waals surface area (Å²) in [6.45, 7) is 16.1. The van der Waals surface area contributed by atoms with Crippen molar-refractivity contribution in [2.45, 2.75) is 64.7 Å². The second-order valence-electron chi connectivity index (χ2n) is 17.0. The van der Waals surface area contributed by atoms with Gasteiger partial charge >= 0.3 is 0 Å². The normalized spacial score (nSPS) is 15.0. The van der Waals surface area contributed by atoms with Crippen molar-refractivity contribution in [2.75, 3.05) is 0 Å². The van der Waals surface area contributed by atoms with Crippen LogP contribution in [-0.2, 0) is 16.2 Å². The molecule has 0 N–H and O–H groups in total. The van der Waals surface area contributed by atoms with E-state index in [4.69, 9.17) is 19.7 Å². The van der Waals surface area contributed by atoms with Gasteiger partial charge in [0.2, 0.25) is 0 Å². The van der Waals surface area contributed by atoms with E-state index in [0.717, 1.165) is 56.0 Å². The lowest BCUT2D eigenvalue weighted by molar-refractivity contribution is 0.418. The maximum atomic E-state index is 7.27. The molecule has 8 aromatic rings. The highest BCUT2D eigenvalue weighted by molar-refractivity contribution is 6.10. The molecule has 0 fully saturated rings. The number of nitrogens with zero attached hydrogens (tertiary/aromatic N) is 4. The summed E-state index contributed by atoms with van der Waals surface area (Å²) in [6, 6.07) is 45.8. The van der Waals surface area contributed by atoms with Gasteiger partial charge in [-0.25, -0.2) is 15.0 Å². The van der Waals surface area contributed by atoms with Crippen molar-refractivity contribution in [2.24, 2.45) is 0 Å². The molecule has 10 bridgehead atoms. The zero-order valence-corrected chi connectivity index (χ0v) is 31.8. The number of benzene rings is 6. The van der Waals surface area contributed by atoms with Gasteiger partial charge in [-0.05, 0) is 58.5 Å². The second kappa shape index (κ2) is 11.2. The number of hydrogen-bond acceptors (Lipinski definition) is 4. The van der Waals surface area contributed by atoms with Crippen LogP contribution in [0.4, 0.5) is 0 Å². The van der Waals surface area contributed by atoms with Crippen LogP contribution >= 0.6 is 0 Å². The first-order valence-electron chi connectivity index (χ1n) is 18.9. The molecule has 5 nitrogen and oxygen atoms in total. The number of hydrogen-bond donors (Lipinski definition) is 0. The summed E-state index contributed by atoms with van der Waals surface area (Å²) in [7, 11) is 0. The zero-order chi connectivity index (χ0) is 37.1. The van der Waals surface area contributed by atoms with Crippen molar-refractivity contribution < 1.29 is 4.74 Å². The molecule has 7 heterocycles. The fraction of sp³-hybridized carbons (Fsp3) is 0.204. The molecule has 2 aromatic heterocycles. The lowest BCUT2D eigenvalue weighted by Crippen LogP contribution is -2.25. The van der Waals surface area contributed by atoms with Crippen molar-refractivity contribution in [3.8, 4) is 51.3 Å². The summed E-state index contributed by atoms with van der Waals surface area (Å²) in [5.74, 6) is 3.45. The molecule has 5 aliphatic heterocycles. The Kier molecular flexibility index (Phi) is 6.77. The molecule has 54 heavy (non-hydrogen) atoms. The van der Waals surface area contributed by atoms with Crippen LogP contribution < -0.4 is 4.74 Å². The van der Waals surface area contributed by atoms with Crippen LogP contribution in [0.2, 0.25) is 0 Å². The van der Waals surface area contributed by atoms with Crippen molar-refractivity contribution in [3.05, 3.63) is 155 Å². The highest BCUT2D eigenvalue weighted by atomic mass is 16.5. The van der Waals surface area contributed by atoms with Crippen LogP contribution in [0.3, 0.4) is 0 Å². The second-order valence-corrected chi connectivity index (χ2v) is 17.0. The van der Waals surface area contributed by atoms with E-state index < -0.39 is 0 Å². The summed E-state index contributed by atoms with van der Waals surface area (Å²) in [6.07, 6.45) is 0. The first kappa shape index (κ1) is 32.6. The molecule has 0 unspecified atom stereocenters. The third-order valence-corrected chi connectivity index (χ3v) is 11.9.